The predicted molar refractivity (Wildman–Crippen MR) is 115 cm³/mol. The summed E-state index contributed by atoms with van der Waals surface area (Å²) in [6.07, 6.45) is 12.3. The van der Waals surface area contributed by atoms with Gasteiger partial charge in [-0.25, -0.2) is 0 Å². The Kier molecular flexibility index (Phi) is 9.84. The van der Waals surface area contributed by atoms with E-state index in [0.717, 1.165) is 37.7 Å². The van der Waals surface area contributed by atoms with Crippen molar-refractivity contribution in [2.75, 3.05) is 39.9 Å². The van der Waals surface area contributed by atoms with E-state index in [-0.39, 0.29) is 24.0 Å². The van der Waals surface area contributed by atoms with Crippen LogP contribution < -0.4 is 10.6 Å². The lowest BCUT2D eigenvalue weighted by atomic mass is 9.92. The lowest BCUT2D eigenvalue weighted by Gasteiger charge is -2.39. The highest BCUT2D eigenvalue weighted by atomic mass is 127. The number of rotatable bonds is 7. The van der Waals surface area contributed by atoms with Gasteiger partial charge in [0.15, 0.2) is 5.96 Å². The highest BCUT2D eigenvalue weighted by molar-refractivity contribution is 14.0. The quantitative estimate of drug-likeness (QED) is 0.263. The van der Waals surface area contributed by atoms with Crippen molar-refractivity contribution in [3.8, 4) is 0 Å². The van der Waals surface area contributed by atoms with Crippen LogP contribution in [0.4, 0.5) is 0 Å². The van der Waals surface area contributed by atoms with Gasteiger partial charge >= 0.3 is 0 Å². The molecule has 3 rings (SSSR count). The van der Waals surface area contributed by atoms with Crippen molar-refractivity contribution in [1.82, 2.24) is 15.5 Å². The van der Waals surface area contributed by atoms with Gasteiger partial charge in [0.05, 0.1) is 6.61 Å². The van der Waals surface area contributed by atoms with Crippen LogP contribution in [0.3, 0.4) is 0 Å². The molecule has 0 aromatic rings. The minimum absolute atomic E-state index is 0. The molecule has 1 heterocycles. The fraction of sp³-hybridized carbons (Fsp3) is 0.947. The van der Waals surface area contributed by atoms with Crippen LogP contribution in [0.15, 0.2) is 4.99 Å². The molecule has 146 valence electrons. The Bertz CT molecular complexity index is 389. The molecule has 0 bridgehead atoms. The molecule has 0 aromatic carbocycles. The van der Waals surface area contributed by atoms with Crippen molar-refractivity contribution in [2.45, 2.75) is 69.9 Å². The number of piperidine rings is 1. The smallest absolute Gasteiger partial charge is 0.191 e. The Hall–Kier alpha value is -0.0800. The first kappa shape index (κ1) is 21.2. The molecule has 0 radical (unpaired) electrons. The molecule has 2 N–H and O–H groups in total. The number of guanidine groups is 1. The molecule has 25 heavy (non-hydrogen) atoms. The van der Waals surface area contributed by atoms with Crippen LogP contribution >= 0.6 is 24.0 Å². The van der Waals surface area contributed by atoms with E-state index < -0.39 is 0 Å². The fourth-order valence-electron chi connectivity index (χ4n) is 4.02. The van der Waals surface area contributed by atoms with Gasteiger partial charge in [-0.05, 0) is 44.4 Å². The van der Waals surface area contributed by atoms with Gasteiger partial charge in [0.1, 0.15) is 0 Å². The monoisotopic (exact) mass is 464 g/mol. The summed E-state index contributed by atoms with van der Waals surface area (Å²) in [4.78, 5) is 7.10. The van der Waals surface area contributed by atoms with Crippen LogP contribution in [-0.2, 0) is 4.74 Å². The van der Waals surface area contributed by atoms with Crippen LogP contribution in [0.25, 0.3) is 0 Å². The number of hydrogen-bond donors (Lipinski definition) is 2. The maximum atomic E-state index is 5.67. The summed E-state index contributed by atoms with van der Waals surface area (Å²) in [6.45, 7) is 5.03. The third kappa shape index (κ3) is 7.59. The number of hydrogen-bond acceptors (Lipinski definition) is 3. The molecular formula is C19H37IN4O. The van der Waals surface area contributed by atoms with Crippen molar-refractivity contribution in [3.63, 3.8) is 0 Å². The maximum Gasteiger partial charge on any atom is 0.191 e. The van der Waals surface area contributed by atoms with Crippen LogP contribution in [-0.4, -0.2) is 62.8 Å². The van der Waals surface area contributed by atoms with Gasteiger partial charge in [0.2, 0.25) is 0 Å². The molecule has 0 aromatic heterocycles. The molecule has 2 saturated carbocycles. The zero-order chi connectivity index (χ0) is 16.6. The van der Waals surface area contributed by atoms with Gasteiger partial charge in [-0.3, -0.25) is 4.99 Å². The summed E-state index contributed by atoms with van der Waals surface area (Å²) in [5.41, 5.74) is 0. The largest absolute Gasteiger partial charge is 0.379 e. The predicted octanol–water partition coefficient (Wildman–Crippen LogP) is 2.99. The lowest BCUT2D eigenvalue weighted by Crippen LogP contribution is -2.51. The van der Waals surface area contributed by atoms with Crippen LogP contribution in [0.1, 0.15) is 57.8 Å². The van der Waals surface area contributed by atoms with Crippen molar-refractivity contribution >= 4 is 29.9 Å². The fourth-order valence-corrected chi connectivity index (χ4v) is 4.02. The Morgan fingerprint density at radius 2 is 1.76 bits per heavy atom. The molecule has 3 aliphatic rings. The third-order valence-corrected chi connectivity index (χ3v) is 5.77. The van der Waals surface area contributed by atoms with E-state index in [1.54, 1.807) is 0 Å². The van der Waals surface area contributed by atoms with Gasteiger partial charge in [-0.2, -0.15) is 0 Å². The summed E-state index contributed by atoms with van der Waals surface area (Å²) in [6, 6.07) is 1.42. The SMILES string of the molecule is CN=C(NCCOCC1CC1)NC1CCN(C2CCCCC2)CC1.I. The second kappa shape index (κ2) is 11.6. The zero-order valence-electron chi connectivity index (χ0n) is 15.8. The summed E-state index contributed by atoms with van der Waals surface area (Å²) in [7, 11) is 1.86. The van der Waals surface area contributed by atoms with Gasteiger partial charge in [-0.15, -0.1) is 24.0 Å². The minimum atomic E-state index is 0. The van der Waals surface area contributed by atoms with E-state index in [9.17, 15) is 0 Å². The minimum Gasteiger partial charge on any atom is -0.379 e. The third-order valence-electron chi connectivity index (χ3n) is 5.77. The van der Waals surface area contributed by atoms with E-state index in [1.165, 1.54) is 70.9 Å². The summed E-state index contributed by atoms with van der Waals surface area (Å²) in [5.74, 6) is 1.78. The first-order valence-electron chi connectivity index (χ1n) is 10.1. The van der Waals surface area contributed by atoms with E-state index in [2.05, 4.69) is 20.5 Å². The second-order valence-corrected chi connectivity index (χ2v) is 7.76. The Morgan fingerprint density at radius 1 is 1.04 bits per heavy atom. The lowest BCUT2D eigenvalue weighted by molar-refractivity contribution is 0.119. The van der Waals surface area contributed by atoms with E-state index in [4.69, 9.17) is 4.74 Å². The Morgan fingerprint density at radius 3 is 2.40 bits per heavy atom. The van der Waals surface area contributed by atoms with Crippen molar-refractivity contribution < 1.29 is 4.74 Å². The Balaban J connectivity index is 0.00000225. The maximum absolute atomic E-state index is 5.67. The molecule has 1 saturated heterocycles. The molecule has 0 amide bonds. The number of aliphatic imine (C=N–C) groups is 1. The van der Waals surface area contributed by atoms with Gasteiger partial charge in [0.25, 0.3) is 0 Å². The highest BCUT2D eigenvalue weighted by Crippen LogP contribution is 2.28. The molecule has 2 aliphatic carbocycles. The number of nitrogens with one attached hydrogen (secondary N) is 2. The van der Waals surface area contributed by atoms with Crippen molar-refractivity contribution in [3.05, 3.63) is 0 Å². The van der Waals surface area contributed by atoms with E-state index in [0.29, 0.717) is 6.04 Å². The molecule has 6 heteroatoms. The standard InChI is InChI=1S/C19H36N4O.HI/c1-20-19(21-11-14-24-15-16-7-8-16)22-17-9-12-23(13-10-17)18-5-3-2-4-6-18;/h16-18H,2-15H2,1H3,(H2,20,21,22);1H. The normalized spacial score (nSPS) is 24.0. The molecule has 0 atom stereocenters. The van der Waals surface area contributed by atoms with Crippen molar-refractivity contribution in [1.29, 1.82) is 0 Å². The van der Waals surface area contributed by atoms with Crippen LogP contribution in [0.5, 0.6) is 0 Å². The summed E-state index contributed by atoms with van der Waals surface area (Å²) < 4.78 is 5.67. The number of halogens is 1. The molecule has 1 aliphatic heterocycles. The van der Waals surface area contributed by atoms with Gasteiger partial charge in [0, 0.05) is 45.4 Å². The Labute approximate surface area is 170 Å². The second-order valence-electron chi connectivity index (χ2n) is 7.76. The molecule has 5 nitrogen and oxygen atoms in total. The first-order valence-corrected chi connectivity index (χ1v) is 10.1. The molecule has 0 spiro atoms. The molecular weight excluding hydrogens is 427 g/mol. The van der Waals surface area contributed by atoms with Gasteiger partial charge in [-0.1, -0.05) is 19.3 Å². The van der Waals surface area contributed by atoms with Crippen LogP contribution in [0.2, 0.25) is 0 Å². The number of ether oxygens (including phenoxy) is 1. The van der Waals surface area contributed by atoms with Crippen LogP contribution in [0, 0.1) is 5.92 Å². The molecule has 0 unspecified atom stereocenters. The summed E-state index contributed by atoms with van der Waals surface area (Å²) in [5, 5.41) is 6.98. The van der Waals surface area contributed by atoms with Gasteiger partial charge < -0.3 is 20.3 Å². The topological polar surface area (TPSA) is 48.9 Å². The zero-order valence-corrected chi connectivity index (χ0v) is 18.2. The average molecular weight is 464 g/mol. The summed E-state index contributed by atoms with van der Waals surface area (Å²) >= 11 is 0. The number of likely N-dealkylation sites (tertiary alicyclic amines) is 1. The van der Waals surface area contributed by atoms with Crippen molar-refractivity contribution in [2.24, 2.45) is 10.9 Å². The molecule has 3 fully saturated rings. The first-order chi connectivity index (χ1) is 11.8. The highest BCUT2D eigenvalue weighted by Gasteiger charge is 2.26. The average Bonchev–Trinajstić information content (AvgIpc) is 3.46. The number of nitrogens with zero attached hydrogens (tertiary/aromatic N) is 2. The van der Waals surface area contributed by atoms with E-state index >= 15 is 0 Å². The van der Waals surface area contributed by atoms with E-state index in [1.807, 2.05) is 7.05 Å².